The van der Waals surface area contributed by atoms with Gasteiger partial charge in [-0.3, -0.25) is 0 Å². The first-order valence-corrected chi connectivity index (χ1v) is 7.34. The van der Waals surface area contributed by atoms with Crippen molar-refractivity contribution in [2.45, 2.75) is 44.4 Å². The number of aliphatic hydroxyl groups excluding tert-OH is 1. The van der Waals surface area contributed by atoms with Gasteiger partial charge in [-0.15, -0.1) is 0 Å². The second kappa shape index (κ2) is 6.53. The summed E-state index contributed by atoms with van der Waals surface area (Å²) in [6.07, 6.45) is -3.85. The van der Waals surface area contributed by atoms with Gasteiger partial charge in [0.15, 0.2) is 0 Å². The molecule has 6 heteroatoms. The summed E-state index contributed by atoms with van der Waals surface area (Å²) in [5.74, 6) is -2.32. The Morgan fingerprint density at radius 1 is 1.29 bits per heavy atom. The van der Waals surface area contributed by atoms with E-state index < -0.39 is 29.9 Å². The molecule has 1 aliphatic carbocycles. The van der Waals surface area contributed by atoms with Crippen LogP contribution in [0.4, 0.5) is 17.6 Å². The minimum Gasteiger partial charge on any atom is -0.392 e. The van der Waals surface area contributed by atoms with Crippen molar-refractivity contribution in [1.82, 2.24) is 0 Å². The molecule has 0 saturated heterocycles. The van der Waals surface area contributed by atoms with Crippen LogP contribution in [0.2, 0.25) is 5.02 Å². The second-order valence-electron chi connectivity index (χ2n) is 5.69. The standard InChI is InChI=1S/C15H17ClF4O/c16-12-5-4-9(6-13(12)17)7-14(21)10-2-1-3-11(8-10)15(18,19)20/h4-6,10-11,14,21H,1-3,7-8H2. The van der Waals surface area contributed by atoms with Crippen LogP contribution in [0.15, 0.2) is 18.2 Å². The fourth-order valence-electron chi connectivity index (χ4n) is 2.95. The third kappa shape index (κ3) is 4.33. The molecule has 1 aliphatic rings. The molecule has 1 aromatic rings. The third-order valence-corrected chi connectivity index (χ3v) is 4.46. The number of hydrogen-bond acceptors (Lipinski definition) is 1. The summed E-state index contributed by atoms with van der Waals surface area (Å²) >= 11 is 5.57. The normalized spacial score (nSPS) is 24.9. The molecule has 118 valence electrons. The quantitative estimate of drug-likeness (QED) is 0.795. The van der Waals surface area contributed by atoms with E-state index in [2.05, 4.69) is 0 Å². The number of halogens is 5. The molecule has 3 unspecified atom stereocenters. The largest absolute Gasteiger partial charge is 0.392 e. The predicted octanol–water partition coefficient (Wildman–Crippen LogP) is 4.75. The molecule has 3 atom stereocenters. The SMILES string of the molecule is OC(Cc1ccc(Cl)c(F)c1)C1CCCC(C(F)(F)F)C1. The molecule has 2 rings (SSSR count). The Balaban J connectivity index is 1.99. The topological polar surface area (TPSA) is 20.2 Å². The lowest BCUT2D eigenvalue weighted by molar-refractivity contribution is -0.188. The van der Waals surface area contributed by atoms with Crippen molar-refractivity contribution in [2.24, 2.45) is 11.8 Å². The number of aliphatic hydroxyl groups is 1. The fraction of sp³-hybridized carbons (Fsp3) is 0.600. The minimum atomic E-state index is -4.20. The van der Waals surface area contributed by atoms with Crippen LogP contribution >= 0.6 is 11.6 Å². The van der Waals surface area contributed by atoms with Crippen LogP contribution in [-0.2, 0) is 6.42 Å². The van der Waals surface area contributed by atoms with Gasteiger partial charge in [-0.2, -0.15) is 13.2 Å². The van der Waals surface area contributed by atoms with Gasteiger partial charge in [-0.25, -0.2) is 4.39 Å². The molecule has 1 saturated carbocycles. The van der Waals surface area contributed by atoms with Gasteiger partial charge >= 0.3 is 6.18 Å². The third-order valence-electron chi connectivity index (χ3n) is 4.15. The summed E-state index contributed by atoms with van der Waals surface area (Å²) in [5, 5.41) is 10.1. The molecular formula is C15H17ClF4O. The number of alkyl halides is 3. The highest BCUT2D eigenvalue weighted by Crippen LogP contribution is 2.41. The zero-order valence-corrected chi connectivity index (χ0v) is 12.1. The van der Waals surface area contributed by atoms with Gasteiger partial charge < -0.3 is 5.11 Å². The molecule has 0 spiro atoms. The Morgan fingerprint density at radius 2 is 2.00 bits per heavy atom. The van der Waals surface area contributed by atoms with Crippen molar-refractivity contribution < 1.29 is 22.7 Å². The molecule has 0 aliphatic heterocycles. The first-order chi connectivity index (χ1) is 9.77. The second-order valence-corrected chi connectivity index (χ2v) is 6.09. The Morgan fingerprint density at radius 3 is 2.62 bits per heavy atom. The van der Waals surface area contributed by atoms with E-state index in [1.165, 1.54) is 12.1 Å². The number of hydrogen-bond donors (Lipinski definition) is 1. The van der Waals surface area contributed by atoms with Crippen molar-refractivity contribution in [1.29, 1.82) is 0 Å². The zero-order valence-electron chi connectivity index (χ0n) is 11.3. The highest BCUT2D eigenvalue weighted by molar-refractivity contribution is 6.30. The molecule has 0 aromatic heterocycles. The molecule has 21 heavy (non-hydrogen) atoms. The van der Waals surface area contributed by atoms with Crippen LogP contribution in [-0.4, -0.2) is 17.4 Å². The van der Waals surface area contributed by atoms with E-state index in [9.17, 15) is 22.7 Å². The highest BCUT2D eigenvalue weighted by Gasteiger charge is 2.43. The maximum absolute atomic E-state index is 13.3. The van der Waals surface area contributed by atoms with E-state index in [0.717, 1.165) is 0 Å². The van der Waals surface area contributed by atoms with Gasteiger partial charge in [0.25, 0.3) is 0 Å². The maximum Gasteiger partial charge on any atom is 0.391 e. The molecule has 1 aromatic carbocycles. The Kier molecular flexibility index (Phi) is 5.15. The van der Waals surface area contributed by atoms with Gasteiger partial charge in [0.05, 0.1) is 17.0 Å². The van der Waals surface area contributed by atoms with Crippen molar-refractivity contribution in [3.05, 3.63) is 34.6 Å². The predicted molar refractivity (Wildman–Crippen MR) is 72.6 cm³/mol. The van der Waals surface area contributed by atoms with Gasteiger partial charge in [0.2, 0.25) is 0 Å². The van der Waals surface area contributed by atoms with Crippen LogP contribution in [0.1, 0.15) is 31.2 Å². The smallest absolute Gasteiger partial charge is 0.391 e. The van der Waals surface area contributed by atoms with Crippen LogP contribution in [0.3, 0.4) is 0 Å². The van der Waals surface area contributed by atoms with Gasteiger partial charge in [0.1, 0.15) is 5.82 Å². The van der Waals surface area contributed by atoms with E-state index in [1.807, 2.05) is 0 Å². The summed E-state index contributed by atoms with van der Waals surface area (Å²) in [4.78, 5) is 0. The van der Waals surface area contributed by atoms with Gasteiger partial charge in [-0.1, -0.05) is 24.1 Å². The van der Waals surface area contributed by atoms with Crippen LogP contribution < -0.4 is 0 Å². The minimum absolute atomic E-state index is 0.0111. The lowest BCUT2D eigenvalue weighted by atomic mass is 9.77. The molecule has 0 radical (unpaired) electrons. The van der Waals surface area contributed by atoms with Crippen LogP contribution in [0, 0.1) is 17.7 Å². The maximum atomic E-state index is 13.3. The highest BCUT2D eigenvalue weighted by atomic mass is 35.5. The molecule has 0 bridgehead atoms. The van der Waals surface area contributed by atoms with Crippen LogP contribution in [0.5, 0.6) is 0 Å². The fourth-order valence-corrected chi connectivity index (χ4v) is 3.07. The van der Waals surface area contributed by atoms with E-state index in [-0.39, 0.29) is 24.3 Å². The summed E-state index contributed by atoms with van der Waals surface area (Å²) in [7, 11) is 0. The van der Waals surface area contributed by atoms with E-state index in [1.54, 1.807) is 6.07 Å². The molecule has 1 nitrogen and oxygen atoms in total. The Hall–Kier alpha value is -0.810. The molecule has 1 fully saturated rings. The Bertz CT molecular complexity index is 489. The first kappa shape index (κ1) is 16.6. The van der Waals surface area contributed by atoms with Crippen molar-refractivity contribution in [3.63, 3.8) is 0 Å². The average Bonchev–Trinajstić information content (AvgIpc) is 2.42. The first-order valence-electron chi connectivity index (χ1n) is 6.96. The molecular weight excluding hydrogens is 308 g/mol. The molecule has 0 heterocycles. The van der Waals surface area contributed by atoms with Crippen molar-refractivity contribution in [3.8, 4) is 0 Å². The summed E-state index contributed by atoms with van der Waals surface area (Å²) in [6, 6.07) is 4.19. The Labute approximate surface area is 125 Å². The van der Waals surface area contributed by atoms with E-state index in [4.69, 9.17) is 11.6 Å². The van der Waals surface area contributed by atoms with E-state index in [0.29, 0.717) is 18.4 Å². The van der Waals surface area contributed by atoms with Gasteiger partial charge in [0, 0.05) is 0 Å². The summed E-state index contributed by atoms with van der Waals surface area (Å²) in [5.41, 5.74) is 0.540. The number of benzene rings is 1. The molecule has 0 amide bonds. The lowest BCUT2D eigenvalue weighted by Gasteiger charge is -2.33. The number of rotatable bonds is 3. The average molecular weight is 325 g/mol. The molecule has 1 N–H and O–H groups in total. The van der Waals surface area contributed by atoms with E-state index >= 15 is 0 Å². The monoisotopic (exact) mass is 324 g/mol. The summed E-state index contributed by atoms with van der Waals surface area (Å²) < 4.78 is 51.6. The summed E-state index contributed by atoms with van der Waals surface area (Å²) in [6.45, 7) is 0. The van der Waals surface area contributed by atoms with Gasteiger partial charge in [-0.05, 0) is 49.3 Å². The van der Waals surface area contributed by atoms with Crippen LogP contribution in [0.25, 0.3) is 0 Å². The zero-order chi connectivity index (χ0) is 15.6. The van der Waals surface area contributed by atoms with Crippen molar-refractivity contribution in [2.75, 3.05) is 0 Å². The van der Waals surface area contributed by atoms with Crippen molar-refractivity contribution >= 4 is 11.6 Å². The lowest BCUT2D eigenvalue weighted by Crippen LogP contribution is -2.34.